The maximum atomic E-state index is 13.3. The van der Waals surface area contributed by atoms with E-state index in [0.717, 1.165) is 24.2 Å². The van der Waals surface area contributed by atoms with Crippen molar-refractivity contribution in [2.24, 2.45) is 5.92 Å². The van der Waals surface area contributed by atoms with Gasteiger partial charge in [-0.25, -0.2) is 0 Å². The fourth-order valence-electron chi connectivity index (χ4n) is 3.78. The molecule has 1 heterocycles. The van der Waals surface area contributed by atoms with Crippen molar-refractivity contribution in [3.63, 3.8) is 0 Å². The summed E-state index contributed by atoms with van der Waals surface area (Å²) in [4.78, 5) is 37.6. The van der Waals surface area contributed by atoms with Crippen LogP contribution >= 0.6 is 0 Å². The van der Waals surface area contributed by atoms with Crippen LogP contribution in [0.2, 0.25) is 0 Å². The molecule has 1 aliphatic rings. The molecule has 1 saturated carbocycles. The van der Waals surface area contributed by atoms with Crippen molar-refractivity contribution in [1.82, 2.24) is 9.88 Å². The SMILES string of the molecule is CC(=O)C[C@H](NC(=O)C(CC(C)C)n1ccccc1=O)c1cccc(OC2CCC2)c1. The number of ketones is 1. The van der Waals surface area contributed by atoms with Crippen LogP contribution in [0, 0.1) is 5.92 Å². The molecule has 1 fully saturated rings. The smallest absolute Gasteiger partial charge is 0.251 e. The summed E-state index contributed by atoms with van der Waals surface area (Å²) in [6.07, 6.45) is 5.88. The van der Waals surface area contributed by atoms with Gasteiger partial charge < -0.3 is 14.6 Å². The van der Waals surface area contributed by atoms with Gasteiger partial charge in [0.25, 0.3) is 5.56 Å². The van der Waals surface area contributed by atoms with Gasteiger partial charge in [0.2, 0.25) is 5.91 Å². The lowest BCUT2D eigenvalue weighted by Crippen LogP contribution is -2.39. The summed E-state index contributed by atoms with van der Waals surface area (Å²) in [7, 11) is 0. The maximum Gasteiger partial charge on any atom is 0.251 e. The number of ether oxygens (including phenoxy) is 1. The van der Waals surface area contributed by atoms with E-state index >= 15 is 0 Å². The molecule has 6 heteroatoms. The zero-order chi connectivity index (χ0) is 22.4. The quantitative estimate of drug-likeness (QED) is 0.620. The second-order valence-electron chi connectivity index (χ2n) is 8.80. The van der Waals surface area contributed by atoms with Crippen LogP contribution in [0.25, 0.3) is 0 Å². The number of pyridine rings is 1. The van der Waals surface area contributed by atoms with Crippen molar-refractivity contribution < 1.29 is 14.3 Å². The molecule has 1 aliphatic carbocycles. The Kier molecular flexibility index (Phi) is 7.66. The molecule has 2 aromatic rings. The van der Waals surface area contributed by atoms with E-state index in [1.54, 1.807) is 18.3 Å². The van der Waals surface area contributed by atoms with Crippen molar-refractivity contribution in [2.45, 2.75) is 71.1 Å². The Hall–Kier alpha value is -2.89. The first-order valence-corrected chi connectivity index (χ1v) is 11.1. The van der Waals surface area contributed by atoms with Crippen molar-refractivity contribution in [1.29, 1.82) is 0 Å². The summed E-state index contributed by atoms with van der Waals surface area (Å²) in [6.45, 7) is 5.55. The number of carbonyl (C=O) groups is 2. The summed E-state index contributed by atoms with van der Waals surface area (Å²) < 4.78 is 7.46. The van der Waals surface area contributed by atoms with Crippen LogP contribution in [0.15, 0.2) is 53.5 Å². The minimum atomic E-state index is -0.641. The number of hydrogen-bond acceptors (Lipinski definition) is 4. The van der Waals surface area contributed by atoms with E-state index in [2.05, 4.69) is 5.32 Å². The molecule has 166 valence electrons. The average Bonchev–Trinajstić information content (AvgIpc) is 2.69. The lowest BCUT2D eigenvalue weighted by atomic mass is 9.96. The van der Waals surface area contributed by atoms with Crippen LogP contribution in [0.5, 0.6) is 5.75 Å². The Morgan fingerprint density at radius 2 is 1.94 bits per heavy atom. The third kappa shape index (κ3) is 6.29. The molecule has 0 saturated heterocycles. The van der Waals surface area contributed by atoms with Gasteiger partial charge in [0.15, 0.2) is 0 Å². The van der Waals surface area contributed by atoms with Crippen LogP contribution in [-0.2, 0) is 9.59 Å². The highest BCUT2D eigenvalue weighted by molar-refractivity contribution is 5.82. The molecule has 6 nitrogen and oxygen atoms in total. The van der Waals surface area contributed by atoms with Gasteiger partial charge in [-0.05, 0) is 62.3 Å². The molecule has 1 unspecified atom stereocenters. The summed E-state index contributed by atoms with van der Waals surface area (Å²) >= 11 is 0. The van der Waals surface area contributed by atoms with E-state index in [9.17, 15) is 14.4 Å². The fraction of sp³-hybridized carbons (Fsp3) is 0.480. The molecule has 0 radical (unpaired) electrons. The standard InChI is InChI=1S/C25H32N2O4/c1-17(2)14-23(27-13-5-4-12-24(27)29)25(30)26-22(15-18(3)28)19-8-6-11-21(16-19)31-20-9-7-10-20/h4-6,8,11-13,16-17,20,22-23H,7,9-10,14-15H2,1-3H3,(H,26,30)/t22-,23?/m0/s1. The van der Waals surface area contributed by atoms with Gasteiger partial charge in [0.1, 0.15) is 17.6 Å². The predicted molar refractivity (Wildman–Crippen MR) is 120 cm³/mol. The number of rotatable bonds is 10. The van der Waals surface area contributed by atoms with Gasteiger partial charge in [-0.15, -0.1) is 0 Å². The van der Waals surface area contributed by atoms with Gasteiger partial charge in [0.05, 0.1) is 12.1 Å². The average molecular weight is 425 g/mol. The molecule has 1 aromatic heterocycles. The van der Waals surface area contributed by atoms with Crippen LogP contribution in [-0.4, -0.2) is 22.4 Å². The topological polar surface area (TPSA) is 77.4 Å². The molecule has 0 spiro atoms. The number of carbonyl (C=O) groups excluding carboxylic acids is 2. The number of hydrogen-bond donors (Lipinski definition) is 1. The van der Waals surface area contributed by atoms with Crippen LogP contribution in [0.4, 0.5) is 0 Å². The number of aromatic nitrogens is 1. The molecule has 31 heavy (non-hydrogen) atoms. The van der Waals surface area contributed by atoms with Gasteiger partial charge in [0, 0.05) is 18.7 Å². The Labute approximate surface area is 183 Å². The second kappa shape index (κ2) is 10.4. The molecule has 1 N–H and O–H groups in total. The van der Waals surface area contributed by atoms with E-state index in [-0.39, 0.29) is 35.7 Å². The van der Waals surface area contributed by atoms with Crippen molar-refractivity contribution in [3.05, 3.63) is 64.6 Å². The summed E-state index contributed by atoms with van der Waals surface area (Å²) in [6, 6.07) is 11.3. The van der Waals surface area contributed by atoms with E-state index in [1.165, 1.54) is 24.0 Å². The van der Waals surface area contributed by atoms with E-state index in [1.807, 2.05) is 38.1 Å². The largest absolute Gasteiger partial charge is 0.490 e. The van der Waals surface area contributed by atoms with Crippen molar-refractivity contribution in [3.8, 4) is 5.75 Å². The normalized spacial score (nSPS) is 15.7. The first kappa shape index (κ1) is 22.8. The van der Waals surface area contributed by atoms with E-state index < -0.39 is 12.1 Å². The first-order valence-electron chi connectivity index (χ1n) is 11.1. The van der Waals surface area contributed by atoms with E-state index in [0.29, 0.717) is 6.42 Å². The molecule has 0 aliphatic heterocycles. The van der Waals surface area contributed by atoms with Crippen LogP contribution in [0.1, 0.15) is 70.5 Å². The van der Waals surface area contributed by atoms with Gasteiger partial charge >= 0.3 is 0 Å². The molecule has 0 bridgehead atoms. The zero-order valence-corrected chi connectivity index (χ0v) is 18.5. The van der Waals surface area contributed by atoms with Gasteiger partial charge in [-0.3, -0.25) is 14.4 Å². The predicted octanol–water partition coefficient (Wildman–Crippen LogP) is 4.20. The highest BCUT2D eigenvalue weighted by Gasteiger charge is 2.26. The number of nitrogens with zero attached hydrogens (tertiary/aromatic N) is 1. The number of nitrogens with one attached hydrogen (secondary N) is 1. The second-order valence-corrected chi connectivity index (χ2v) is 8.80. The molecule has 1 amide bonds. The zero-order valence-electron chi connectivity index (χ0n) is 18.5. The number of amides is 1. The summed E-state index contributed by atoms with van der Waals surface area (Å²) in [5, 5.41) is 3.03. The molecule has 1 aromatic carbocycles. The first-order chi connectivity index (χ1) is 14.8. The summed E-state index contributed by atoms with van der Waals surface area (Å²) in [5.41, 5.74) is 0.603. The number of benzene rings is 1. The fourth-order valence-corrected chi connectivity index (χ4v) is 3.78. The molecule has 2 atom stereocenters. The minimum Gasteiger partial charge on any atom is -0.490 e. The van der Waals surface area contributed by atoms with Gasteiger partial charge in [-0.2, -0.15) is 0 Å². The van der Waals surface area contributed by atoms with Gasteiger partial charge in [-0.1, -0.05) is 32.0 Å². The van der Waals surface area contributed by atoms with Crippen molar-refractivity contribution >= 4 is 11.7 Å². The lowest BCUT2D eigenvalue weighted by molar-refractivity contribution is -0.126. The Balaban J connectivity index is 1.84. The maximum absolute atomic E-state index is 13.3. The van der Waals surface area contributed by atoms with Crippen molar-refractivity contribution in [2.75, 3.05) is 0 Å². The molecular weight excluding hydrogens is 392 g/mol. The third-order valence-corrected chi connectivity index (χ3v) is 5.61. The summed E-state index contributed by atoms with van der Waals surface area (Å²) in [5.74, 6) is 0.683. The Morgan fingerprint density at radius 3 is 2.55 bits per heavy atom. The third-order valence-electron chi connectivity index (χ3n) is 5.61. The minimum absolute atomic E-state index is 0.0205. The lowest BCUT2D eigenvalue weighted by Gasteiger charge is -2.27. The molecule has 3 rings (SSSR count). The number of Topliss-reactive ketones (excluding diaryl/α,β-unsaturated/α-hetero) is 1. The van der Waals surface area contributed by atoms with E-state index in [4.69, 9.17) is 4.74 Å². The molecular formula is C25H32N2O4. The van der Waals surface area contributed by atoms with Crippen LogP contribution in [0.3, 0.4) is 0 Å². The Morgan fingerprint density at radius 1 is 1.16 bits per heavy atom. The monoisotopic (exact) mass is 424 g/mol. The Bertz CT molecular complexity index is 962. The van der Waals surface area contributed by atoms with Crippen LogP contribution < -0.4 is 15.6 Å². The highest BCUT2D eigenvalue weighted by Crippen LogP contribution is 2.28. The highest BCUT2D eigenvalue weighted by atomic mass is 16.5.